The van der Waals surface area contributed by atoms with Crippen LogP contribution in [0.25, 0.3) is 11.2 Å². The molecule has 0 aromatic carbocycles. The molecular formula is C16H19ClN6O6P+. The number of nitrogens with zero attached hydrogens (tertiary/aromatic N) is 4. The van der Waals surface area contributed by atoms with E-state index >= 15 is 0 Å². The molecular weight excluding hydrogens is 439 g/mol. The number of halogens is 1. The highest BCUT2D eigenvalue weighted by Crippen LogP contribution is 2.39. The van der Waals surface area contributed by atoms with Crippen LogP contribution in [0.3, 0.4) is 0 Å². The monoisotopic (exact) mass is 457 g/mol. The number of carbonyl (C=O) groups is 1. The summed E-state index contributed by atoms with van der Waals surface area (Å²) < 4.78 is 29.3. The zero-order valence-corrected chi connectivity index (χ0v) is 17.6. The Morgan fingerprint density at radius 3 is 3.07 bits per heavy atom. The summed E-state index contributed by atoms with van der Waals surface area (Å²) in [6.07, 6.45) is 5.16. The van der Waals surface area contributed by atoms with Crippen LogP contribution in [0.5, 0.6) is 0 Å². The van der Waals surface area contributed by atoms with Crippen molar-refractivity contribution < 1.29 is 28.5 Å². The summed E-state index contributed by atoms with van der Waals surface area (Å²) in [4.78, 5) is 23.5. The average Bonchev–Trinajstić information content (AvgIpc) is 3.27. The number of nitrogens with two attached hydrogens (primary N) is 1. The first-order valence-corrected chi connectivity index (χ1v) is 10.2. The summed E-state index contributed by atoms with van der Waals surface area (Å²) in [5, 5.41) is 12.9. The van der Waals surface area contributed by atoms with E-state index in [0.717, 1.165) is 0 Å². The third-order valence-electron chi connectivity index (χ3n) is 4.54. The highest BCUT2D eigenvalue weighted by Gasteiger charge is 2.50. The van der Waals surface area contributed by atoms with Gasteiger partial charge in [-0.3, -0.25) is 9.36 Å². The number of terminal acetylenes is 1. The van der Waals surface area contributed by atoms with Gasteiger partial charge in [-0.05, 0) is 23.1 Å². The smallest absolute Gasteiger partial charge is 0.468 e. The molecule has 0 spiro atoms. The lowest BCUT2D eigenvalue weighted by atomic mass is 9.99. The maximum atomic E-state index is 12.1. The third-order valence-corrected chi connectivity index (χ3v) is 5.67. The van der Waals surface area contributed by atoms with E-state index in [1.165, 1.54) is 24.9 Å². The number of carbonyl (C=O) groups excluding carboxylic acids is 1. The Morgan fingerprint density at radius 1 is 1.67 bits per heavy atom. The molecule has 160 valence electrons. The van der Waals surface area contributed by atoms with Gasteiger partial charge in [0, 0.05) is 6.42 Å². The van der Waals surface area contributed by atoms with E-state index < -0.39 is 44.7 Å². The van der Waals surface area contributed by atoms with E-state index in [4.69, 9.17) is 33.0 Å². The molecule has 3 rings (SSSR count). The molecule has 0 saturated carbocycles. The van der Waals surface area contributed by atoms with Crippen molar-refractivity contribution in [2.75, 3.05) is 19.5 Å². The van der Waals surface area contributed by atoms with Gasteiger partial charge in [-0.1, -0.05) is 11.0 Å². The predicted molar refractivity (Wildman–Crippen MR) is 105 cm³/mol. The van der Waals surface area contributed by atoms with Crippen molar-refractivity contribution in [2.45, 2.75) is 37.3 Å². The molecule has 2 aromatic heterocycles. The second-order valence-corrected chi connectivity index (χ2v) is 7.83. The van der Waals surface area contributed by atoms with E-state index in [2.05, 4.69) is 30.7 Å². The number of fused-ring (bicyclic) bond motifs is 1. The van der Waals surface area contributed by atoms with Crippen molar-refractivity contribution in [1.29, 1.82) is 0 Å². The minimum atomic E-state index is -2.49. The van der Waals surface area contributed by atoms with E-state index in [1.54, 1.807) is 0 Å². The number of rotatable bonds is 7. The fourth-order valence-corrected chi connectivity index (χ4v) is 3.90. The maximum Gasteiger partial charge on any atom is 0.613 e. The summed E-state index contributed by atoms with van der Waals surface area (Å²) in [5.41, 5.74) is 4.83. The Kier molecular flexibility index (Phi) is 6.52. The van der Waals surface area contributed by atoms with Crippen LogP contribution in [-0.4, -0.2) is 62.1 Å². The molecule has 14 heteroatoms. The van der Waals surface area contributed by atoms with E-state index in [-0.39, 0.29) is 17.5 Å². The fourth-order valence-electron chi connectivity index (χ4n) is 2.92. The highest BCUT2D eigenvalue weighted by atomic mass is 35.5. The van der Waals surface area contributed by atoms with Crippen LogP contribution in [-0.2, 0) is 23.4 Å². The van der Waals surface area contributed by atoms with Gasteiger partial charge in [-0.2, -0.15) is 9.97 Å². The maximum absolute atomic E-state index is 12.1. The van der Waals surface area contributed by atoms with Gasteiger partial charge in [-0.25, -0.2) is 4.98 Å². The third kappa shape index (κ3) is 4.22. The molecule has 3 heterocycles. The Morgan fingerprint density at radius 2 is 2.40 bits per heavy atom. The summed E-state index contributed by atoms with van der Waals surface area (Å²) in [6, 6.07) is -0.866. The number of imidazole rings is 1. The SMILES string of the molecule is C#C[C@]1(CO[P+](=O)N[C@@H](C)C(=O)OC)O[C@@H](n2cnc3c(N)nc(Cl)nc32)C[C@@H]1O. The van der Waals surface area contributed by atoms with Gasteiger partial charge < -0.3 is 20.3 Å². The molecule has 2 aromatic rings. The molecule has 12 nitrogen and oxygen atoms in total. The van der Waals surface area contributed by atoms with Crippen LogP contribution in [0.4, 0.5) is 5.82 Å². The van der Waals surface area contributed by atoms with Crippen LogP contribution in [0, 0.1) is 12.3 Å². The number of hydrogen-bond acceptors (Lipinski definition) is 10. The molecule has 1 aliphatic heterocycles. The number of aromatic nitrogens is 4. The minimum Gasteiger partial charge on any atom is -0.468 e. The molecule has 1 fully saturated rings. The van der Waals surface area contributed by atoms with Gasteiger partial charge in [0.05, 0.1) is 13.4 Å². The number of anilines is 1. The predicted octanol–water partition coefficient (Wildman–Crippen LogP) is 0.539. The van der Waals surface area contributed by atoms with E-state index in [1.807, 2.05) is 0 Å². The molecule has 0 radical (unpaired) electrons. The van der Waals surface area contributed by atoms with Gasteiger partial charge in [0.15, 0.2) is 17.1 Å². The molecule has 4 N–H and O–H groups in total. The Labute approximate surface area is 177 Å². The number of methoxy groups -OCH3 is 1. The van der Waals surface area contributed by atoms with Crippen molar-refractivity contribution in [2.24, 2.45) is 0 Å². The molecule has 30 heavy (non-hydrogen) atoms. The second-order valence-electron chi connectivity index (χ2n) is 6.46. The quantitative estimate of drug-likeness (QED) is 0.230. The summed E-state index contributed by atoms with van der Waals surface area (Å²) >= 11 is 5.87. The van der Waals surface area contributed by atoms with Gasteiger partial charge in [0.1, 0.15) is 30.5 Å². The lowest BCUT2D eigenvalue weighted by molar-refractivity contribution is -0.142. The van der Waals surface area contributed by atoms with Crippen molar-refractivity contribution >= 4 is 42.7 Å². The first-order valence-electron chi connectivity index (χ1n) is 8.64. The number of nitrogens with one attached hydrogen (secondary N) is 1. The molecule has 0 amide bonds. The van der Waals surface area contributed by atoms with Crippen LogP contribution >= 0.6 is 19.8 Å². The van der Waals surface area contributed by atoms with Gasteiger partial charge in [-0.15, -0.1) is 10.9 Å². The second kappa shape index (κ2) is 8.77. The minimum absolute atomic E-state index is 0.0727. The summed E-state index contributed by atoms with van der Waals surface area (Å²) in [7, 11) is -1.28. The molecule has 5 atom stereocenters. The number of aliphatic hydroxyl groups is 1. The van der Waals surface area contributed by atoms with Crippen molar-refractivity contribution in [3.63, 3.8) is 0 Å². The van der Waals surface area contributed by atoms with Crippen LogP contribution < -0.4 is 10.8 Å². The van der Waals surface area contributed by atoms with Gasteiger partial charge >= 0.3 is 14.1 Å². The molecule has 0 bridgehead atoms. The average molecular weight is 458 g/mol. The summed E-state index contributed by atoms with van der Waals surface area (Å²) in [6.45, 7) is 1.06. The molecule has 1 saturated heterocycles. The lowest BCUT2D eigenvalue weighted by Crippen LogP contribution is -2.42. The lowest BCUT2D eigenvalue weighted by Gasteiger charge is -2.23. The Bertz CT molecular complexity index is 1030. The van der Waals surface area contributed by atoms with Gasteiger partial charge in [0.2, 0.25) is 5.28 Å². The highest BCUT2D eigenvalue weighted by molar-refractivity contribution is 7.36. The van der Waals surface area contributed by atoms with E-state index in [0.29, 0.717) is 11.2 Å². The Hall–Kier alpha value is -2.39. The zero-order valence-electron chi connectivity index (χ0n) is 16.0. The zero-order chi connectivity index (χ0) is 22.1. The number of nitrogen functional groups attached to an aromatic ring is 1. The molecule has 0 aliphatic carbocycles. The van der Waals surface area contributed by atoms with Crippen LogP contribution in [0.2, 0.25) is 5.28 Å². The number of esters is 1. The normalized spacial score (nSPS) is 25.1. The largest absolute Gasteiger partial charge is 0.613 e. The first-order chi connectivity index (χ1) is 14.2. The van der Waals surface area contributed by atoms with Crippen LogP contribution in [0.15, 0.2) is 6.33 Å². The van der Waals surface area contributed by atoms with E-state index in [9.17, 15) is 14.5 Å². The standard InChI is InChI=1S/C16H19ClN6O6P/c1-4-16(6-28-30(26)22-8(2)14(25)27-3)9(24)5-10(29-16)23-7-19-11-12(18)20-15(17)21-13(11)23/h1,7-10,24H,5-6H2,2-3H3,(H,22,26)(H2,18,20,21)/q+1/t8-,9-,10+,16+/m0/s1. The van der Waals surface area contributed by atoms with Crippen molar-refractivity contribution in [3.8, 4) is 12.3 Å². The number of hydrogen-bond donors (Lipinski definition) is 3. The Balaban J connectivity index is 1.75. The number of aliphatic hydroxyl groups excluding tert-OH is 1. The van der Waals surface area contributed by atoms with Gasteiger partial charge in [0.25, 0.3) is 0 Å². The van der Waals surface area contributed by atoms with Crippen LogP contribution in [0.1, 0.15) is 19.6 Å². The first kappa shape index (κ1) is 22.3. The fraction of sp³-hybridized carbons (Fsp3) is 0.500. The number of ether oxygens (including phenoxy) is 2. The van der Waals surface area contributed by atoms with Crippen molar-refractivity contribution in [3.05, 3.63) is 11.6 Å². The topological polar surface area (TPSA) is 164 Å². The molecule has 1 aliphatic rings. The summed E-state index contributed by atoms with van der Waals surface area (Å²) in [5.74, 6) is 1.85. The molecule has 1 unspecified atom stereocenters. The van der Waals surface area contributed by atoms with Crippen molar-refractivity contribution in [1.82, 2.24) is 24.6 Å².